The van der Waals surface area contributed by atoms with E-state index in [0.717, 1.165) is 37.7 Å². The zero-order valence-corrected chi connectivity index (χ0v) is 15.5. The molecule has 0 bridgehead atoms. The molecular weight excluding hydrogens is 367 g/mol. The van der Waals surface area contributed by atoms with Crippen LogP contribution < -0.4 is 4.74 Å². The molecule has 0 N–H and O–H groups in total. The Morgan fingerprint density at radius 2 is 1.71 bits per heavy atom. The van der Waals surface area contributed by atoms with Crippen LogP contribution in [0.1, 0.15) is 16.9 Å². The van der Waals surface area contributed by atoms with Gasteiger partial charge in [0, 0.05) is 13.1 Å². The Morgan fingerprint density at radius 1 is 0.929 bits per heavy atom. The highest BCUT2D eigenvalue weighted by molar-refractivity contribution is 5.58. The highest BCUT2D eigenvalue weighted by atomic mass is 19.2. The topological polar surface area (TPSA) is 25.6 Å². The van der Waals surface area contributed by atoms with Crippen LogP contribution in [-0.4, -0.2) is 25.1 Å². The monoisotopic (exact) mass is 387 g/mol. The third-order valence-electron chi connectivity index (χ3n) is 5.15. The van der Waals surface area contributed by atoms with Gasteiger partial charge in [0.05, 0.1) is 19.2 Å². The summed E-state index contributed by atoms with van der Waals surface area (Å²) in [4.78, 5) is 2.26. The maximum atomic E-state index is 14.0. The van der Waals surface area contributed by atoms with Gasteiger partial charge in [-0.05, 0) is 60.4 Å². The lowest BCUT2D eigenvalue weighted by Crippen LogP contribution is -2.25. The van der Waals surface area contributed by atoms with Gasteiger partial charge in [-0.3, -0.25) is 4.90 Å². The zero-order chi connectivity index (χ0) is 19.7. The Labute approximate surface area is 161 Å². The van der Waals surface area contributed by atoms with Crippen molar-refractivity contribution in [1.29, 1.82) is 0 Å². The van der Waals surface area contributed by atoms with Gasteiger partial charge in [-0.1, -0.05) is 6.07 Å². The van der Waals surface area contributed by atoms with Crippen LogP contribution in [0, 0.1) is 17.5 Å². The Hall–Kier alpha value is -2.73. The third-order valence-corrected chi connectivity index (χ3v) is 5.15. The molecule has 0 radical (unpaired) electrons. The van der Waals surface area contributed by atoms with Crippen LogP contribution in [0.3, 0.4) is 0 Å². The summed E-state index contributed by atoms with van der Waals surface area (Å²) in [5.74, 6) is -2.24. The van der Waals surface area contributed by atoms with Gasteiger partial charge in [-0.25, -0.2) is 13.2 Å². The molecule has 0 fully saturated rings. The maximum absolute atomic E-state index is 14.0. The molecule has 146 valence electrons. The standard InChI is InChI=1S/C22H20F3NO2/c1-27-16-3-2-14-8-10-26(11-9-15(14)12-16)13-17-4-7-20(28-17)18-5-6-19(23)22(25)21(18)24/h2-7,12H,8-11,13H2,1H3. The van der Waals surface area contributed by atoms with Crippen LogP contribution >= 0.6 is 0 Å². The summed E-state index contributed by atoms with van der Waals surface area (Å²) < 4.78 is 51.6. The number of fused-ring (bicyclic) bond motifs is 1. The molecule has 0 atom stereocenters. The van der Waals surface area contributed by atoms with Gasteiger partial charge < -0.3 is 9.15 Å². The predicted octanol–water partition coefficient (Wildman–Crippen LogP) is 4.97. The first kappa shape index (κ1) is 18.6. The number of furan rings is 1. The molecule has 4 rings (SSSR count). The summed E-state index contributed by atoms with van der Waals surface area (Å²) in [6, 6.07) is 11.6. The highest BCUT2D eigenvalue weighted by Crippen LogP contribution is 2.28. The number of methoxy groups -OCH3 is 1. The molecule has 28 heavy (non-hydrogen) atoms. The van der Waals surface area contributed by atoms with E-state index in [9.17, 15) is 13.2 Å². The first-order chi connectivity index (χ1) is 13.5. The molecular formula is C22H20F3NO2. The Bertz CT molecular complexity index is 999. The minimum atomic E-state index is -1.49. The quantitative estimate of drug-likeness (QED) is 0.591. The van der Waals surface area contributed by atoms with Crippen molar-refractivity contribution in [1.82, 2.24) is 4.90 Å². The van der Waals surface area contributed by atoms with E-state index in [4.69, 9.17) is 9.15 Å². The Morgan fingerprint density at radius 3 is 2.50 bits per heavy atom. The van der Waals surface area contributed by atoms with E-state index >= 15 is 0 Å². The minimum absolute atomic E-state index is 0.0829. The number of halogens is 3. The number of nitrogens with zero attached hydrogens (tertiary/aromatic N) is 1. The summed E-state index contributed by atoms with van der Waals surface area (Å²) in [5, 5.41) is 0. The SMILES string of the molecule is COc1ccc2c(c1)CCN(Cc1ccc(-c3ccc(F)c(F)c3F)o1)CC2. The Kier molecular flexibility index (Phi) is 5.13. The molecule has 3 nitrogen and oxygen atoms in total. The van der Waals surface area contributed by atoms with Crippen molar-refractivity contribution in [2.75, 3.05) is 20.2 Å². The van der Waals surface area contributed by atoms with Crippen molar-refractivity contribution >= 4 is 0 Å². The van der Waals surface area contributed by atoms with E-state index in [2.05, 4.69) is 17.0 Å². The molecule has 0 spiro atoms. The van der Waals surface area contributed by atoms with Crippen LogP contribution in [0.25, 0.3) is 11.3 Å². The predicted molar refractivity (Wildman–Crippen MR) is 99.7 cm³/mol. The molecule has 1 aliphatic rings. The molecule has 3 aromatic rings. The fourth-order valence-corrected chi connectivity index (χ4v) is 3.58. The van der Waals surface area contributed by atoms with E-state index in [0.29, 0.717) is 12.3 Å². The average molecular weight is 387 g/mol. The lowest BCUT2D eigenvalue weighted by atomic mass is 10.0. The fraction of sp³-hybridized carbons (Fsp3) is 0.273. The Balaban J connectivity index is 1.47. The molecule has 1 aliphatic heterocycles. The van der Waals surface area contributed by atoms with E-state index < -0.39 is 17.5 Å². The van der Waals surface area contributed by atoms with Crippen molar-refractivity contribution in [3.8, 4) is 17.1 Å². The third kappa shape index (κ3) is 3.64. The van der Waals surface area contributed by atoms with Crippen molar-refractivity contribution < 1.29 is 22.3 Å². The van der Waals surface area contributed by atoms with Gasteiger partial charge in [0.15, 0.2) is 17.5 Å². The number of rotatable bonds is 4. The minimum Gasteiger partial charge on any atom is -0.497 e. The van der Waals surface area contributed by atoms with Crippen molar-refractivity contribution in [2.24, 2.45) is 0 Å². The molecule has 1 aromatic heterocycles. The smallest absolute Gasteiger partial charge is 0.195 e. The van der Waals surface area contributed by atoms with Crippen LogP contribution in [0.15, 0.2) is 46.9 Å². The van der Waals surface area contributed by atoms with Crippen LogP contribution in [0.2, 0.25) is 0 Å². The van der Waals surface area contributed by atoms with E-state index in [1.807, 2.05) is 6.07 Å². The summed E-state index contributed by atoms with van der Waals surface area (Å²) in [6.45, 7) is 2.29. The summed E-state index contributed by atoms with van der Waals surface area (Å²) in [5.41, 5.74) is 2.51. The lowest BCUT2D eigenvalue weighted by molar-refractivity contribution is 0.256. The van der Waals surface area contributed by atoms with Crippen LogP contribution in [0.4, 0.5) is 13.2 Å². The number of hydrogen-bond acceptors (Lipinski definition) is 3. The first-order valence-corrected chi connectivity index (χ1v) is 9.16. The fourth-order valence-electron chi connectivity index (χ4n) is 3.58. The average Bonchev–Trinajstić information content (AvgIpc) is 3.07. The van der Waals surface area contributed by atoms with E-state index in [1.165, 1.54) is 17.2 Å². The number of hydrogen-bond donors (Lipinski definition) is 0. The maximum Gasteiger partial charge on any atom is 0.195 e. The summed E-state index contributed by atoms with van der Waals surface area (Å²) in [6.07, 6.45) is 1.82. The van der Waals surface area contributed by atoms with Crippen molar-refractivity contribution in [2.45, 2.75) is 19.4 Å². The van der Waals surface area contributed by atoms with E-state index in [1.54, 1.807) is 19.2 Å². The molecule has 0 amide bonds. The molecule has 0 aliphatic carbocycles. The zero-order valence-electron chi connectivity index (χ0n) is 15.5. The highest BCUT2D eigenvalue weighted by Gasteiger charge is 2.19. The molecule has 0 unspecified atom stereocenters. The summed E-state index contributed by atoms with van der Waals surface area (Å²) in [7, 11) is 1.66. The van der Waals surface area contributed by atoms with Gasteiger partial charge in [0.2, 0.25) is 0 Å². The van der Waals surface area contributed by atoms with Crippen LogP contribution in [0.5, 0.6) is 5.75 Å². The van der Waals surface area contributed by atoms with Crippen LogP contribution in [-0.2, 0) is 19.4 Å². The van der Waals surface area contributed by atoms with Crippen molar-refractivity contribution in [3.63, 3.8) is 0 Å². The second-order valence-electron chi connectivity index (χ2n) is 6.90. The number of ether oxygens (including phenoxy) is 1. The first-order valence-electron chi connectivity index (χ1n) is 9.16. The molecule has 6 heteroatoms. The van der Waals surface area contributed by atoms with Crippen molar-refractivity contribution in [3.05, 3.63) is 76.8 Å². The molecule has 2 aromatic carbocycles. The summed E-state index contributed by atoms with van der Waals surface area (Å²) >= 11 is 0. The van der Waals surface area contributed by atoms with Gasteiger partial charge >= 0.3 is 0 Å². The van der Waals surface area contributed by atoms with Gasteiger partial charge in [-0.15, -0.1) is 0 Å². The second-order valence-corrected chi connectivity index (χ2v) is 6.90. The van der Waals surface area contributed by atoms with Gasteiger partial charge in [0.25, 0.3) is 0 Å². The molecule has 0 saturated carbocycles. The normalized spacial score (nSPS) is 14.6. The van der Waals surface area contributed by atoms with Gasteiger partial charge in [-0.2, -0.15) is 0 Å². The largest absolute Gasteiger partial charge is 0.497 e. The van der Waals surface area contributed by atoms with E-state index in [-0.39, 0.29) is 11.3 Å². The lowest BCUT2D eigenvalue weighted by Gasteiger charge is -2.18. The molecule has 0 saturated heterocycles. The van der Waals surface area contributed by atoms with Gasteiger partial charge in [0.1, 0.15) is 17.3 Å². The number of benzene rings is 2. The molecule has 2 heterocycles. The second kappa shape index (κ2) is 7.72.